The Balaban J connectivity index is 3.20. The van der Waals surface area contributed by atoms with Gasteiger partial charge in [0.2, 0.25) is 0 Å². The van der Waals surface area contributed by atoms with E-state index < -0.39 is 0 Å². The van der Waals surface area contributed by atoms with E-state index >= 15 is 0 Å². The van der Waals surface area contributed by atoms with E-state index in [0.29, 0.717) is 12.3 Å². The van der Waals surface area contributed by atoms with Crippen molar-refractivity contribution in [1.29, 1.82) is 0 Å². The van der Waals surface area contributed by atoms with Gasteiger partial charge in [-0.25, -0.2) is 0 Å². The lowest BCUT2D eigenvalue weighted by atomic mass is 9.99. The summed E-state index contributed by atoms with van der Waals surface area (Å²) < 4.78 is 0. The van der Waals surface area contributed by atoms with Crippen molar-refractivity contribution >= 4 is 6.29 Å². The van der Waals surface area contributed by atoms with Crippen molar-refractivity contribution in [3.63, 3.8) is 0 Å². The topological polar surface area (TPSA) is 17.1 Å². The van der Waals surface area contributed by atoms with Gasteiger partial charge < -0.3 is 0 Å². The van der Waals surface area contributed by atoms with E-state index in [4.69, 9.17) is 0 Å². The van der Waals surface area contributed by atoms with Gasteiger partial charge in [0, 0.05) is 6.42 Å². The van der Waals surface area contributed by atoms with Gasteiger partial charge in [0.05, 0.1) is 0 Å². The molecule has 0 saturated carbocycles. The lowest BCUT2D eigenvalue weighted by molar-refractivity contribution is 0.474. The lowest BCUT2D eigenvalue weighted by Gasteiger charge is -2.06. The summed E-state index contributed by atoms with van der Waals surface area (Å²) in [6.07, 6.45) is 12.8. The average Bonchev–Trinajstić information content (AvgIpc) is 2.14. The molecule has 1 nitrogen and oxygen atoms in total. The molecule has 0 amide bonds. The summed E-state index contributed by atoms with van der Waals surface area (Å²) >= 11 is 0. The molecule has 0 spiro atoms. The molecular formula is C12H21O. The summed E-state index contributed by atoms with van der Waals surface area (Å²) in [5.41, 5.74) is 0. The van der Waals surface area contributed by atoms with Crippen LogP contribution in [-0.2, 0) is 4.79 Å². The van der Waals surface area contributed by atoms with Crippen LogP contribution >= 0.6 is 0 Å². The molecule has 0 aromatic carbocycles. The van der Waals surface area contributed by atoms with Gasteiger partial charge in [-0.05, 0) is 31.6 Å². The normalized spacial score (nSPS) is 13.4. The fourth-order valence-corrected chi connectivity index (χ4v) is 1.32. The molecule has 75 valence electrons. The standard InChI is InChI=1S/C12H21O/c1-3-4-5-6-7-9-12(2)10-8-11-13/h4-5,12H,3,6-10H2,1-2H3. The van der Waals surface area contributed by atoms with Gasteiger partial charge in [0.15, 0.2) is 6.29 Å². The third-order valence-corrected chi connectivity index (χ3v) is 2.21. The third-order valence-electron chi connectivity index (χ3n) is 2.21. The second-order valence-electron chi connectivity index (χ2n) is 3.60. The Hall–Kier alpha value is -0.590. The molecule has 1 unspecified atom stereocenters. The predicted molar refractivity (Wildman–Crippen MR) is 57.4 cm³/mol. The van der Waals surface area contributed by atoms with Crippen LogP contribution in [0.4, 0.5) is 0 Å². The SMILES string of the molecule is CCC=CCCCC(C)CC[C]=O. The highest BCUT2D eigenvalue weighted by molar-refractivity contribution is 5.50. The van der Waals surface area contributed by atoms with Gasteiger partial charge in [-0.15, -0.1) is 0 Å². The summed E-state index contributed by atoms with van der Waals surface area (Å²) in [4.78, 5) is 9.99. The molecule has 0 heterocycles. The first-order valence-electron chi connectivity index (χ1n) is 5.31. The van der Waals surface area contributed by atoms with Gasteiger partial charge in [0.25, 0.3) is 0 Å². The van der Waals surface area contributed by atoms with Crippen molar-refractivity contribution in [2.24, 2.45) is 5.92 Å². The van der Waals surface area contributed by atoms with Crippen LogP contribution in [0.3, 0.4) is 0 Å². The Bertz CT molecular complexity index is 138. The molecule has 13 heavy (non-hydrogen) atoms. The molecule has 1 atom stereocenters. The minimum absolute atomic E-state index is 0.603. The number of hydrogen-bond acceptors (Lipinski definition) is 1. The predicted octanol–water partition coefficient (Wildman–Crippen LogP) is 3.65. The first-order valence-corrected chi connectivity index (χ1v) is 5.31. The molecule has 0 aliphatic heterocycles. The maximum absolute atomic E-state index is 9.99. The smallest absolute Gasteiger partial charge is 0.198 e. The number of unbranched alkanes of at least 4 members (excludes halogenated alkanes) is 1. The van der Waals surface area contributed by atoms with E-state index in [1.165, 1.54) is 19.3 Å². The molecule has 0 rings (SSSR count). The van der Waals surface area contributed by atoms with Gasteiger partial charge >= 0.3 is 0 Å². The maximum Gasteiger partial charge on any atom is 0.198 e. The Morgan fingerprint density at radius 1 is 1.31 bits per heavy atom. The van der Waals surface area contributed by atoms with Crippen LogP contribution in [0.5, 0.6) is 0 Å². The van der Waals surface area contributed by atoms with E-state index in [1.54, 1.807) is 0 Å². The van der Waals surface area contributed by atoms with Gasteiger partial charge in [-0.3, -0.25) is 4.79 Å². The lowest BCUT2D eigenvalue weighted by Crippen LogP contribution is -1.94. The highest BCUT2D eigenvalue weighted by Crippen LogP contribution is 2.13. The summed E-state index contributed by atoms with van der Waals surface area (Å²) in [6, 6.07) is 0. The number of hydrogen-bond donors (Lipinski definition) is 0. The molecule has 0 fully saturated rings. The minimum atomic E-state index is 0.603. The van der Waals surface area contributed by atoms with Gasteiger partial charge in [0.1, 0.15) is 0 Å². The largest absolute Gasteiger partial charge is 0.291 e. The molecule has 1 heteroatoms. The van der Waals surface area contributed by atoms with Crippen molar-refractivity contribution in [2.75, 3.05) is 0 Å². The first-order chi connectivity index (χ1) is 6.31. The minimum Gasteiger partial charge on any atom is -0.291 e. The number of carbonyl (C=O) groups excluding carboxylic acids is 1. The zero-order valence-corrected chi connectivity index (χ0v) is 8.88. The molecule has 1 radical (unpaired) electrons. The monoisotopic (exact) mass is 181 g/mol. The molecule has 0 N–H and O–H groups in total. The van der Waals surface area contributed by atoms with Crippen LogP contribution in [0, 0.1) is 5.92 Å². The fourth-order valence-electron chi connectivity index (χ4n) is 1.32. The molecule has 0 aliphatic rings. The van der Waals surface area contributed by atoms with Crippen molar-refractivity contribution < 1.29 is 4.79 Å². The summed E-state index contributed by atoms with van der Waals surface area (Å²) in [5, 5.41) is 0. The van der Waals surface area contributed by atoms with Crippen LogP contribution in [0.1, 0.15) is 52.4 Å². The van der Waals surface area contributed by atoms with Crippen molar-refractivity contribution in [1.82, 2.24) is 0 Å². The molecule has 0 aromatic heterocycles. The Kier molecular flexibility index (Phi) is 9.07. The molecular weight excluding hydrogens is 160 g/mol. The second-order valence-corrected chi connectivity index (χ2v) is 3.60. The Morgan fingerprint density at radius 3 is 2.69 bits per heavy atom. The van der Waals surface area contributed by atoms with E-state index in [-0.39, 0.29) is 0 Å². The highest BCUT2D eigenvalue weighted by Gasteiger charge is 2.00. The first kappa shape index (κ1) is 12.4. The van der Waals surface area contributed by atoms with Crippen LogP contribution in [0.25, 0.3) is 0 Å². The van der Waals surface area contributed by atoms with Crippen LogP contribution in [0.2, 0.25) is 0 Å². The molecule has 0 aromatic rings. The van der Waals surface area contributed by atoms with Crippen LogP contribution in [-0.4, -0.2) is 6.29 Å². The van der Waals surface area contributed by atoms with Crippen LogP contribution < -0.4 is 0 Å². The van der Waals surface area contributed by atoms with Crippen molar-refractivity contribution in [3.8, 4) is 0 Å². The van der Waals surface area contributed by atoms with E-state index in [9.17, 15) is 4.79 Å². The average molecular weight is 181 g/mol. The van der Waals surface area contributed by atoms with Gasteiger partial charge in [-0.2, -0.15) is 0 Å². The number of allylic oxidation sites excluding steroid dienone is 2. The summed E-state index contributed by atoms with van der Waals surface area (Å²) in [5.74, 6) is 0.677. The van der Waals surface area contributed by atoms with Crippen LogP contribution in [0.15, 0.2) is 12.2 Å². The summed E-state index contributed by atoms with van der Waals surface area (Å²) in [7, 11) is 0. The summed E-state index contributed by atoms with van der Waals surface area (Å²) in [6.45, 7) is 4.36. The van der Waals surface area contributed by atoms with E-state index in [2.05, 4.69) is 26.0 Å². The van der Waals surface area contributed by atoms with E-state index in [1.807, 2.05) is 6.29 Å². The molecule has 0 bridgehead atoms. The van der Waals surface area contributed by atoms with E-state index in [0.717, 1.165) is 12.8 Å². The highest BCUT2D eigenvalue weighted by atomic mass is 16.1. The van der Waals surface area contributed by atoms with Crippen molar-refractivity contribution in [2.45, 2.75) is 52.4 Å². The molecule has 0 aliphatic carbocycles. The third kappa shape index (κ3) is 9.32. The zero-order valence-electron chi connectivity index (χ0n) is 8.88. The maximum atomic E-state index is 9.99. The molecule has 0 saturated heterocycles. The number of rotatable bonds is 8. The second kappa shape index (κ2) is 9.50. The fraction of sp³-hybridized carbons (Fsp3) is 0.750. The van der Waals surface area contributed by atoms with Crippen molar-refractivity contribution in [3.05, 3.63) is 12.2 Å². The van der Waals surface area contributed by atoms with Gasteiger partial charge in [-0.1, -0.05) is 32.4 Å². The Morgan fingerprint density at radius 2 is 2.08 bits per heavy atom. The zero-order chi connectivity index (χ0) is 9.94. The quantitative estimate of drug-likeness (QED) is 0.412. The Labute approximate surface area is 82.2 Å².